The van der Waals surface area contributed by atoms with Gasteiger partial charge in [-0.15, -0.1) is 0 Å². The summed E-state index contributed by atoms with van der Waals surface area (Å²) >= 11 is 0. The van der Waals surface area contributed by atoms with E-state index in [9.17, 15) is 24.6 Å². The second-order valence-corrected chi connectivity index (χ2v) is 5.23. The summed E-state index contributed by atoms with van der Waals surface area (Å²) in [7, 11) is 0. The van der Waals surface area contributed by atoms with Gasteiger partial charge >= 0.3 is 0 Å². The molecule has 0 atom stereocenters. The Kier molecular flexibility index (Phi) is 2.88. The maximum absolute atomic E-state index is 12.7. The molecular weight excluding hydrogens is 284 g/mol. The minimum absolute atomic E-state index is 0.0142. The van der Waals surface area contributed by atoms with E-state index in [2.05, 4.69) is 0 Å². The smallest absolute Gasteiger partial charge is 0.198 e. The molecule has 0 saturated heterocycles. The Morgan fingerprint density at radius 1 is 1.00 bits per heavy atom. The third-order valence-corrected chi connectivity index (χ3v) is 3.91. The lowest BCUT2D eigenvalue weighted by Crippen LogP contribution is -2.36. The van der Waals surface area contributed by atoms with Gasteiger partial charge < -0.3 is 10.2 Å². The monoisotopic (exact) mass is 296 g/mol. The van der Waals surface area contributed by atoms with Crippen LogP contribution in [0.1, 0.15) is 34.6 Å². The second-order valence-electron chi connectivity index (χ2n) is 5.23. The van der Waals surface area contributed by atoms with Crippen LogP contribution in [0.4, 0.5) is 0 Å². The minimum atomic E-state index is -0.605. The molecule has 2 aliphatic rings. The molecule has 0 radical (unpaired) electrons. The highest BCUT2D eigenvalue weighted by Crippen LogP contribution is 2.23. The molecule has 5 heteroatoms. The van der Waals surface area contributed by atoms with Gasteiger partial charge in [-0.2, -0.15) is 0 Å². The Hall–Kier alpha value is -2.95. The van der Waals surface area contributed by atoms with Gasteiger partial charge in [-0.3, -0.25) is 14.4 Å². The summed E-state index contributed by atoms with van der Waals surface area (Å²) in [5.74, 6) is -1.88. The van der Waals surface area contributed by atoms with Crippen molar-refractivity contribution in [1.29, 1.82) is 0 Å². The Labute approximate surface area is 125 Å². The van der Waals surface area contributed by atoms with Crippen molar-refractivity contribution in [1.82, 2.24) is 0 Å². The van der Waals surface area contributed by atoms with Crippen LogP contribution < -0.4 is 10.4 Å². The summed E-state index contributed by atoms with van der Waals surface area (Å²) in [4.78, 5) is 36.6. The van der Waals surface area contributed by atoms with Crippen molar-refractivity contribution in [2.24, 2.45) is 0 Å². The van der Waals surface area contributed by atoms with E-state index in [1.807, 2.05) is 0 Å². The number of hydrogen-bond acceptors (Lipinski definition) is 5. The number of aliphatic hydroxyl groups excluding tert-OH is 2. The predicted molar refractivity (Wildman–Crippen MR) is 78.9 cm³/mol. The van der Waals surface area contributed by atoms with Gasteiger partial charge in [-0.05, 0) is 38.1 Å². The van der Waals surface area contributed by atoms with Gasteiger partial charge in [0.1, 0.15) is 11.5 Å². The Morgan fingerprint density at radius 2 is 1.64 bits per heavy atom. The van der Waals surface area contributed by atoms with Gasteiger partial charge in [-0.25, -0.2) is 0 Å². The molecule has 0 bridgehead atoms. The first-order valence-electron chi connectivity index (χ1n) is 6.63. The number of rotatable bonds is 1. The van der Waals surface area contributed by atoms with Gasteiger partial charge in [0.15, 0.2) is 17.3 Å². The molecular formula is C17H12O5. The van der Waals surface area contributed by atoms with E-state index in [-0.39, 0.29) is 44.2 Å². The van der Waals surface area contributed by atoms with Crippen LogP contribution >= 0.6 is 0 Å². The van der Waals surface area contributed by atoms with Crippen LogP contribution in [-0.2, 0) is 4.79 Å². The number of ketones is 3. The summed E-state index contributed by atoms with van der Waals surface area (Å²) in [6.45, 7) is 2.72. The molecule has 0 spiro atoms. The first kappa shape index (κ1) is 14.0. The molecule has 22 heavy (non-hydrogen) atoms. The fourth-order valence-electron chi connectivity index (χ4n) is 2.87. The maximum atomic E-state index is 12.7. The third kappa shape index (κ3) is 1.69. The average Bonchev–Trinajstić information content (AvgIpc) is 2.47. The molecule has 1 aromatic carbocycles. The summed E-state index contributed by atoms with van der Waals surface area (Å²) in [6, 6.07) is 2.94. The lowest BCUT2D eigenvalue weighted by Gasteiger charge is -2.19. The van der Waals surface area contributed by atoms with Gasteiger partial charge in [0.2, 0.25) is 0 Å². The summed E-state index contributed by atoms with van der Waals surface area (Å²) in [6.07, 6.45) is 2.40. The van der Waals surface area contributed by atoms with Crippen molar-refractivity contribution >= 4 is 28.9 Å². The van der Waals surface area contributed by atoms with Crippen molar-refractivity contribution in [3.8, 4) is 0 Å². The number of benzene rings is 1. The highest BCUT2D eigenvalue weighted by Gasteiger charge is 2.32. The van der Waals surface area contributed by atoms with Crippen molar-refractivity contribution in [3.05, 3.63) is 57.0 Å². The van der Waals surface area contributed by atoms with Crippen LogP contribution in [0.5, 0.6) is 0 Å². The first-order chi connectivity index (χ1) is 10.3. The molecule has 3 rings (SSSR count). The highest BCUT2D eigenvalue weighted by molar-refractivity contribution is 6.31. The fraction of sp³-hybridized carbons (Fsp3) is 0.118. The number of Topliss-reactive ketones (excluding diaryl/α,β-unsaturated/α-hetero) is 2. The third-order valence-electron chi connectivity index (χ3n) is 3.91. The van der Waals surface area contributed by atoms with Gasteiger partial charge in [0.25, 0.3) is 0 Å². The van der Waals surface area contributed by atoms with Crippen LogP contribution in [-0.4, -0.2) is 27.6 Å². The van der Waals surface area contributed by atoms with E-state index < -0.39 is 17.3 Å². The van der Waals surface area contributed by atoms with E-state index in [1.54, 1.807) is 0 Å². The molecule has 0 unspecified atom stereocenters. The van der Waals surface area contributed by atoms with Crippen molar-refractivity contribution in [3.63, 3.8) is 0 Å². The molecule has 0 heterocycles. The number of allylic oxidation sites excluding steroid dienone is 2. The van der Waals surface area contributed by atoms with Gasteiger partial charge in [0, 0.05) is 27.1 Å². The largest absolute Gasteiger partial charge is 0.507 e. The summed E-state index contributed by atoms with van der Waals surface area (Å²) in [5.41, 5.74) is 0.0317. The van der Waals surface area contributed by atoms with Crippen LogP contribution in [0.3, 0.4) is 0 Å². The van der Waals surface area contributed by atoms with Crippen LogP contribution in [0, 0.1) is 0 Å². The van der Waals surface area contributed by atoms with Crippen molar-refractivity contribution in [2.45, 2.75) is 13.8 Å². The zero-order chi connectivity index (χ0) is 16.2. The van der Waals surface area contributed by atoms with Gasteiger partial charge in [-0.1, -0.05) is 0 Å². The summed E-state index contributed by atoms with van der Waals surface area (Å²) < 4.78 is 0. The van der Waals surface area contributed by atoms with E-state index in [4.69, 9.17) is 0 Å². The molecule has 2 N–H and O–H groups in total. The number of aliphatic hydroxyl groups is 2. The molecule has 1 aromatic rings. The normalized spacial score (nSPS) is 16.8. The van der Waals surface area contributed by atoms with Gasteiger partial charge in [0.05, 0.1) is 5.57 Å². The molecule has 110 valence electrons. The lowest BCUT2D eigenvalue weighted by atomic mass is 9.83. The average molecular weight is 296 g/mol. The van der Waals surface area contributed by atoms with Crippen molar-refractivity contribution < 1.29 is 24.6 Å². The molecule has 0 saturated carbocycles. The molecule has 0 amide bonds. The second kappa shape index (κ2) is 4.53. The minimum Gasteiger partial charge on any atom is -0.507 e. The Bertz CT molecular complexity index is 957. The summed E-state index contributed by atoms with van der Waals surface area (Å²) in [5, 5.41) is 20.6. The van der Waals surface area contributed by atoms with E-state index >= 15 is 0 Å². The maximum Gasteiger partial charge on any atom is 0.198 e. The molecule has 2 aliphatic carbocycles. The number of carbonyl (C=O) groups excluding carboxylic acids is 3. The molecule has 0 aromatic heterocycles. The van der Waals surface area contributed by atoms with E-state index in [0.29, 0.717) is 0 Å². The number of carbonyl (C=O) groups is 3. The SMILES string of the molecule is CC(=O)C1=C(C)C(O)=c2ccc3c(c2C1=O)C(=O)C=CC=3O. The predicted octanol–water partition coefficient (Wildman–Crippen LogP) is 0.873. The Morgan fingerprint density at radius 3 is 2.27 bits per heavy atom. The number of fused-ring (bicyclic) bond motifs is 3. The number of hydrogen-bond donors (Lipinski definition) is 2. The first-order valence-corrected chi connectivity index (χ1v) is 6.63. The molecule has 5 nitrogen and oxygen atoms in total. The molecule has 0 aliphatic heterocycles. The Balaban J connectivity index is 2.54. The highest BCUT2D eigenvalue weighted by atomic mass is 16.3. The zero-order valence-electron chi connectivity index (χ0n) is 11.9. The quantitative estimate of drug-likeness (QED) is 0.750. The van der Waals surface area contributed by atoms with E-state index in [1.165, 1.54) is 32.1 Å². The fourth-order valence-corrected chi connectivity index (χ4v) is 2.87. The van der Waals surface area contributed by atoms with Crippen molar-refractivity contribution in [2.75, 3.05) is 0 Å². The standard InChI is InChI=1S/C17H12O5/c1-7-13(8(2)18)17(22)15-10(16(7)21)4-3-9-11(19)5-6-12(20)14(9)15/h3-6,19,21H,1-2H3. The van der Waals surface area contributed by atoms with Crippen LogP contribution in [0.15, 0.2) is 35.4 Å². The van der Waals surface area contributed by atoms with Crippen LogP contribution in [0.25, 0.3) is 11.5 Å². The van der Waals surface area contributed by atoms with Crippen LogP contribution in [0.2, 0.25) is 0 Å². The topological polar surface area (TPSA) is 91.7 Å². The zero-order valence-corrected chi connectivity index (χ0v) is 11.9. The lowest BCUT2D eigenvalue weighted by molar-refractivity contribution is -0.113. The van der Waals surface area contributed by atoms with E-state index in [0.717, 1.165) is 6.08 Å². The molecule has 0 fully saturated rings.